The Morgan fingerprint density at radius 3 is 1.93 bits per heavy atom. The summed E-state index contributed by atoms with van der Waals surface area (Å²) in [6, 6.07) is 14.5. The number of aliphatic hydroxyl groups is 1. The lowest BCUT2D eigenvalue weighted by molar-refractivity contribution is -0.0974. The summed E-state index contributed by atoms with van der Waals surface area (Å²) in [4.78, 5) is 4.53. The van der Waals surface area contributed by atoms with Gasteiger partial charge in [0.1, 0.15) is 30.8 Å². The van der Waals surface area contributed by atoms with Gasteiger partial charge in [-0.05, 0) is 35.4 Å². The van der Waals surface area contributed by atoms with Gasteiger partial charge in [0.05, 0.1) is 40.3 Å². The number of oxime groups is 1. The second-order valence-corrected chi connectivity index (χ2v) is 6.44. The van der Waals surface area contributed by atoms with Gasteiger partial charge < -0.3 is 28.9 Å². The standard InChI is InChI=1S/C22H28FNO6/c1-26-18-8-4-16(5-9-18)13-29-15-21(25)22(20(23)12-24-28-3)30-14-17-6-10-19(27-2)11-7-17/h4-12,20-22,25H,13-15H2,1-3H3/b24-12+/t20-,21-,22+/m1/s1. The number of halogens is 1. The predicted molar refractivity (Wildman–Crippen MR) is 111 cm³/mol. The summed E-state index contributed by atoms with van der Waals surface area (Å²) in [5, 5.41) is 13.9. The van der Waals surface area contributed by atoms with Crippen LogP contribution in [0, 0.1) is 0 Å². The van der Waals surface area contributed by atoms with E-state index in [4.69, 9.17) is 18.9 Å². The fraction of sp³-hybridized carbons (Fsp3) is 0.409. The highest BCUT2D eigenvalue weighted by molar-refractivity contribution is 5.63. The van der Waals surface area contributed by atoms with Crippen molar-refractivity contribution in [2.45, 2.75) is 31.6 Å². The Balaban J connectivity index is 1.92. The molecule has 3 atom stereocenters. The topological polar surface area (TPSA) is 78.7 Å². The minimum Gasteiger partial charge on any atom is -0.497 e. The highest BCUT2D eigenvalue weighted by atomic mass is 19.1. The Labute approximate surface area is 176 Å². The molecule has 0 aliphatic carbocycles. The number of aliphatic hydroxyl groups excluding tert-OH is 1. The number of ether oxygens (including phenoxy) is 4. The second kappa shape index (κ2) is 12.8. The van der Waals surface area contributed by atoms with E-state index in [1.165, 1.54) is 7.11 Å². The van der Waals surface area contributed by atoms with Crippen molar-refractivity contribution in [2.24, 2.45) is 5.16 Å². The van der Waals surface area contributed by atoms with E-state index in [9.17, 15) is 9.50 Å². The molecule has 0 fully saturated rings. The molecular formula is C22H28FNO6. The highest BCUT2D eigenvalue weighted by Gasteiger charge is 2.29. The van der Waals surface area contributed by atoms with Crippen LogP contribution in [0.15, 0.2) is 53.7 Å². The summed E-state index contributed by atoms with van der Waals surface area (Å²) in [6.45, 7) is 0.251. The minimum atomic E-state index is -1.68. The molecule has 0 aliphatic rings. The van der Waals surface area contributed by atoms with Crippen LogP contribution in [0.3, 0.4) is 0 Å². The van der Waals surface area contributed by atoms with Crippen molar-refractivity contribution in [3.8, 4) is 11.5 Å². The molecule has 2 rings (SSSR count). The van der Waals surface area contributed by atoms with E-state index < -0.39 is 18.4 Å². The Kier molecular flexibility index (Phi) is 10.1. The fourth-order valence-corrected chi connectivity index (χ4v) is 2.65. The third kappa shape index (κ3) is 7.62. The summed E-state index contributed by atoms with van der Waals surface area (Å²) >= 11 is 0. The van der Waals surface area contributed by atoms with Crippen LogP contribution in [0.4, 0.5) is 4.39 Å². The summed E-state index contributed by atoms with van der Waals surface area (Å²) < 4.78 is 36.0. The molecule has 0 aromatic heterocycles. The van der Waals surface area contributed by atoms with Crippen molar-refractivity contribution in [1.29, 1.82) is 0 Å². The largest absolute Gasteiger partial charge is 0.497 e. The second-order valence-electron chi connectivity index (χ2n) is 6.44. The summed E-state index contributed by atoms with van der Waals surface area (Å²) in [5.41, 5.74) is 1.71. The number of alkyl halides is 1. The highest BCUT2D eigenvalue weighted by Crippen LogP contribution is 2.17. The molecule has 0 heterocycles. The minimum absolute atomic E-state index is 0.103. The van der Waals surface area contributed by atoms with Crippen molar-refractivity contribution in [3.05, 3.63) is 59.7 Å². The lowest BCUT2D eigenvalue weighted by atomic mass is 10.1. The van der Waals surface area contributed by atoms with E-state index in [2.05, 4.69) is 9.99 Å². The van der Waals surface area contributed by atoms with Gasteiger partial charge in [-0.3, -0.25) is 0 Å². The normalized spacial score (nSPS) is 14.3. The van der Waals surface area contributed by atoms with E-state index in [-0.39, 0.29) is 19.8 Å². The third-order valence-corrected chi connectivity index (χ3v) is 4.32. The molecule has 8 heteroatoms. The van der Waals surface area contributed by atoms with Gasteiger partial charge in [-0.15, -0.1) is 0 Å². The van der Waals surface area contributed by atoms with Gasteiger partial charge in [0.2, 0.25) is 0 Å². The molecule has 1 N–H and O–H groups in total. The number of benzene rings is 2. The average Bonchev–Trinajstić information content (AvgIpc) is 2.78. The maximum atomic E-state index is 14.6. The molecule has 0 saturated carbocycles. The zero-order chi connectivity index (χ0) is 21.8. The molecule has 0 spiro atoms. The van der Waals surface area contributed by atoms with Crippen LogP contribution in [0.5, 0.6) is 11.5 Å². The Bertz CT molecular complexity index is 753. The van der Waals surface area contributed by atoms with E-state index in [1.54, 1.807) is 38.5 Å². The van der Waals surface area contributed by atoms with Gasteiger partial charge in [-0.2, -0.15) is 0 Å². The summed E-state index contributed by atoms with van der Waals surface area (Å²) in [7, 11) is 4.48. The van der Waals surface area contributed by atoms with Crippen molar-refractivity contribution >= 4 is 6.21 Å². The fourth-order valence-electron chi connectivity index (χ4n) is 2.65. The van der Waals surface area contributed by atoms with Crippen LogP contribution < -0.4 is 9.47 Å². The van der Waals surface area contributed by atoms with Crippen LogP contribution in [-0.2, 0) is 27.5 Å². The smallest absolute Gasteiger partial charge is 0.167 e. The van der Waals surface area contributed by atoms with Crippen LogP contribution in [-0.4, -0.2) is 57.6 Å². The van der Waals surface area contributed by atoms with Gasteiger partial charge in [0.25, 0.3) is 0 Å². The molecule has 0 unspecified atom stereocenters. The van der Waals surface area contributed by atoms with Crippen molar-refractivity contribution < 1.29 is 33.3 Å². The molecule has 7 nitrogen and oxygen atoms in total. The maximum absolute atomic E-state index is 14.6. The van der Waals surface area contributed by atoms with Gasteiger partial charge >= 0.3 is 0 Å². The number of nitrogens with zero attached hydrogens (tertiary/aromatic N) is 1. The van der Waals surface area contributed by atoms with Crippen LogP contribution in [0.1, 0.15) is 11.1 Å². The van der Waals surface area contributed by atoms with Crippen molar-refractivity contribution in [1.82, 2.24) is 0 Å². The molecule has 0 radical (unpaired) electrons. The van der Waals surface area contributed by atoms with Gasteiger partial charge in [0, 0.05) is 0 Å². The number of rotatable bonds is 13. The molecule has 164 valence electrons. The number of methoxy groups -OCH3 is 2. The molecule has 30 heavy (non-hydrogen) atoms. The molecule has 0 amide bonds. The van der Waals surface area contributed by atoms with E-state index in [0.29, 0.717) is 5.75 Å². The first kappa shape index (κ1) is 23.6. The van der Waals surface area contributed by atoms with E-state index in [0.717, 1.165) is 23.1 Å². The predicted octanol–water partition coefficient (Wildman–Crippen LogP) is 3.14. The van der Waals surface area contributed by atoms with Crippen molar-refractivity contribution in [2.75, 3.05) is 27.9 Å². The zero-order valence-corrected chi connectivity index (χ0v) is 17.4. The summed E-state index contributed by atoms with van der Waals surface area (Å²) in [6.07, 6.45) is -3.12. The average molecular weight is 421 g/mol. The van der Waals surface area contributed by atoms with E-state index >= 15 is 0 Å². The van der Waals surface area contributed by atoms with Crippen LogP contribution >= 0.6 is 0 Å². The molecule has 2 aromatic rings. The van der Waals surface area contributed by atoms with Gasteiger partial charge in [-0.25, -0.2) is 4.39 Å². The van der Waals surface area contributed by atoms with E-state index in [1.807, 2.05) is 24.3 Å². The quantitative estimate of drug-likeness (QED) is 0.395. The zero-order valence-electron chi connectivity index (χ0n) is 17.4. The van der Waals surface area contributed by atoms with Crippen molar-refractivity contribution in [3.63, 3.8) is 0 Å². The molecule has 2 aromatic carbocycles. The first-order valence-corrected chi connectivity index (χ1v) is 9.41. The number of hydrogen-bond acceptors (Lipinski definition) is 7. The maximum Gasteiger partial charge on any atom is 0.167 e. The molecule has 0 aliphatic heterocycles. The lowest BCUT2D eigenvalue weighted by Gasteiger charge is -2.24. The van der Waals surface area contributed by atoms with Gasteiger partial charge in [-0.1, -0.05) is 29.4 Å². The molecule has 0 bridgehead atoms. The third-order valence-electron chi connectivity index (χ3n) is 4.32. The Morgan fingerprint density at radius 1 is 0.900 bits per heavy atom. The Hall–Kier alpha value is -2.68. The molecule has 0 saturated heterocycles. The van der Waals surface area contributed by atoms with Crippen LogP contribution in [0.25, 0.3) is 0 Å². The van der Waals surface area contributed by atoms with Crippen LogP contribution in [0.2, 0.25) is 0 Å². The monoisotopic (exact) mass is 421 g/mol. The SMILES string of the molecule is CO/N=C/[C@@H](F)[C@H](OCc1ccc(OC)cc1)[C@H](O)COCc1ccc(OC)cc1. The lowest BCUT2D eigenvalue weighted by Crippen LogP contribution is -2.41. The van der Waals surface area contributed by atoms with Gasteiger partial charge in [0.15, 0.2) is 6.17 Å². The Morgan fingerprint density at radius 2 is 1.43 bits per heavy atom. The first-order valence-electron chi connectivity index (χ1n) is 9.41. The number of hydrogen-bond donors (Lipinski definition) is 1. The summed E-state index contributed by atoms with van der Waals surface area (Å²) in [5.74, 6) is 1.45. The molecular weight excluding hydrogens is 393 g/mol. The first-order chi connectivity index (χ1) is 14.6.